The summed E-state index contributed by atoms with van der Waals surface area (Å²) < 4.78 is 66.3. The minimum Gasteiger partial charge on any atom is -0.406 e. The number of hydrogen-bond acceptors (Lipinski definition) is 3. The fourth-order valence-electron chi connectivity index (χ4n) is 2.06. The smallest absolute Gasteiger partial charge is 0.406 e. The number of alkyl halides is 5. The van der Waals surface area contributed by atoms with Gasteiger partial charge in [0.1, 0.15) is 5.75 Å². The quantitative estimate of drug-likeness (QED) is 0.814. The van der Waals surface area contributed by atoms with Gasteiger partial charge in [0.25, 0.3) is 5.92 Å². The number of benzene rings is 1. The first kappa shape index (κ1) is 17.3. The molecular weight excluding hydrogens is 325 g/mol. The Morgan fingerprint density at radius 1 is 1.30 bits per heavy atom. The molecule has 3 N–H and O–H groups in total. The molecule has 1 atom stereocenters. The number of likely N-dealkylation sites (tertiary alicyclic amines) is 1. The zero-order valence-corrected chi connectivity index (χ0v) is 11.7. The van der Waals surface area contributed by atoms with E-state index in [-0.39, 0.29) is 18.8 Å². The van der Waals surface area contributed by atoms with Gasteiger partial charge in [0.05, 0.1) is 6.04 Å². The molecule has 10 heteroatoms. The molecule has 5 nitrogen and oxygen atoms in total. The molecule has 0 aliphatic carbocycles. The Morgan fingerprint density at radius 2 is 1.91 bits per heavy atom. The second kappa shape index (κ2) is 6.19. The number of halogens is 5. The number of carbonyl (C=O) groups is 1. The largest absolute Gasteiger partial charge is 0.573 e. The fourth-order valence-corrected chi connectivity index (χ4v) is 2.06. The molecule has 1 aliphatic heterocycles. The summed E-state index contributed by atoms with van der Waals surface area (Å²) in [6.07, 6.45) is -5.35. The molecule has 2 amide bonds. The third-order valence-electron chi connectivity index (χ3n) is 3.30. The van der Waals surface area contributed by atoms with Crippen LogP contribution in [-0.4, -0.2) is 42.3 Å². The van der Waals surface area contributed by atoms with Crippen molar-refractivity contribution in [1.29, 1.82) is 0 Å². The van der Waals surface area contributed by atoms with Crippen LogP contribution in [0.5, 0.6) is 5.75 Å². The third-order valence-corrected chi connectivity index (χ3v) is 3.30. The molecule has 0 unspecified atom stereocenters. The summed E-state index contributed by atoms with van der Waals surface area (Å²) in [7, 11) is 0. The van der Waals surface area contributed by atoms with Crippen molar-refractivity contribution in [2.45, 2.75) is 24.7 Å². The van der Waals surface area contributed by atoms with Crippen LogP contribution in [0.2, 0.25) is 0 Å². The normalized spacial score (nSPS) is 21.0. The highest BCUT2D eigenvalue weighted by Gasteiger charge is 2.43. The van der Waals surface area contributed by atoms with Crippen LogP contribution in [0.15, 0.2) is 24.3 Å². The van der Waals surface area contributed by atoms with Gasteiger partial charge in [0.2, 0.25) is 0 Å². The molecular formula is C13H14F5N3O2. The van der Waals surface area contributed by atoms with E-state index in [2.05, 4.69) is 10.1 Å². The number of piperidine rings is 1. The lowest BCUT2D eigenvalue weighted by atomic mass is 10.0. The molecule has 0 saturated carbocycles. The molecule has 1 aliphatic rings. The Kier molecular flexibility index (Phi) is 4.64. The van der Waals surface area contributed by atoms with Gasteiger partial charge in [-0.05, 0) is 24.3 Å². The lowest BCUT2D eigenvalue weighted by Gasteiger charge is -2.36. The molecule has 1 aromatic rings. The number of hydrogen-bond donors (Lipinski definition) is 2. The lowest BCUT2D eigenvalue weighted by Crippen LogP contribution is -2.57. The molecule has 0 bridgehead atoms. The predicted molar refractivity (Wildman–Crippen MR) is 71.3 cm³/mol. The van der Waals surface area contributed by atoms with Crippen LogP contribution in [0.1, 0.15) is 6.42 Å². The highest BCUT2D eigenvalue weighted by Crippen LogP contribution is 2.28. The Morgan fingerprint density at radius 3 is 2.43 bits per heavy atom. The third kappa shape index (κ3) is 4.68. The van der Waals surface area contributed by atoms with Crippen molar-refractivity contribution < 1.29 is 31.5 Å². The molecule has 23 heavy (non-hydrogen) atoms. The first-order valence-electron chi connectivity index (χ1n) is 6.62. The van der Waals surface area contributed by atoms with Crippen LogP contribution in [0.4, 0.5) is 32.4 Å². The van der Waals surface area contributed by atoms with E-state index >= 15 is 0 Å². The topological polar surface area (TPSA) is 67.6 Å². The average Bonchev–Trinajstić information content (AvgIpc) is 2.42. The van der Waals surface area contributed by atoms with E-state index < -0.39 is 36.5 Å². The van der Waals surface area contributed by atoms with E-state index in [0.29, 0.717) is 0 Å². The standard InChI is InChI=1S/C13H14F5N3O2/c14-12(15)5-6-21(7-10(12)19)11(22)20-8-1-3-9(4-2-8)23-13(16,17)18/h1-4,10H,5-7,19H2,(H,20,22)/t10-/m0/s1. The number of rotatable bonds is 2. The Balaban J connectivity index is 1.93. The molecule has 0 aromatic heterocycles. The maximum absolute atomic E-state index is 13.3. The van der Waals surface area contributed by atoms with Crippen LogP contribution in [-0.2, 0) is 0 Å². The number of nitrogens with zero attached hydrogens (tertiary/aromatic N) is 1. The summed E-state index contributed by atoms with van der Waals surface area (Å²) in [4.78, 5) is 13.1. The van der Waals surface area contributed by atoms with Crippen molar-refractivity contribution >= 4 is 11.7 Å². The van der Waals surface area contributed by atoms with E-state index in [1.54, 1.807) is 0 Å². The molecule has 128 valence electrons. The summed E-state index contributed by atoms with van der Waals surface area (Å²) >= 11 is 0. The minimum absolute atomic E-state index is 0.165. The van der Waals surface area contributed by atoms with Crippen LogP contribution in [0.25, 0.3) is 0 Å². The van der Waals surface area contributed by atoms with Gasteiger partial charge in [0, 0.05) is 25.2 Å². The number of nitrogens with two attached hydrogens (primary N) is 1. The van der Waals surface area contributed by atoms with Crippen LogP contribution < -0.4 is 15.8 Å². The Bertz CT molecular complexity index is 562. The summed E-state index contributed by atoms with van der Waals surface area (Å²) in [6, 6.07) is 2.36. The van der Waals surface area contributed by atoms with E-state index in [9.17, 15) is 26.7 Å². The fraction of sp³-hybridized carbons (Fsp3) is 0.462. The van der Waals surface area contributed by atoms with Gasteiger partial charge in [-0.2, -0.15) is 0 Å². The zero-order chi connectivity index (χ0) is 17.3. The first-order valence-corrected chi connectivity index (χ1v) is 6.62. The van der Waals surface area contributed by atoms with E-state index in [0.717, 1.165) is 17.0 Å². The Labute approximate surface area is 128 Å². The molecule has 1 saturated heterocycles. The number of amides is 2. The minimum atomic E-state index is -4.81. The number of urea groups is 1. The van der Waals surface area contributed by atoms with Crippen molar-refractivity contribution in [3.05, 3.63) is 24.3 Å². The van der Waals surface area contributed by atoms with Crippen molar-refractivity contribution in [2.24, 2.45) is 5.73 Å². The van der Waals surface area contributed by atoms with E-state index in [1.807, 2.05) is 0 Å². The highest BCUT2D eigenvalue weighted by atomic mass is 19.4. The number of anilines is 1. The van der Waals surface area contributed by atoms with Gasteiger partial charge in [-0.3, -0.25) is 0 Å². The molecule has 0 radical (unpaired) electrons. The maximum atomic E-state index is 13.3. The predicted octanol–water partition coefficient (Wildman–Crippen LogP) is 2.79. The number of nitrogens with one attached hydrogen (secondary N) is 1. The zero-order valence-electron chi connectivity index (χ0n) is 11.7. The monoisotopic (exact) mass is 339 g/mol. The van der Waals surface area contributed by atoms with Crippen molar-refractivity contribution in [1.82, 2.24) is 4.90 Å². The van der Waals surface area contributed by atoms with Gasteiger partial charge >= 0.3 is 12.4 Å². The van der Waals surface area contributed by atoms with E-state index in [4.69, 9.17) is 5.73 Å². The molecule has 2 rings (SSSR count). The SMILES string of the molecule is N[C@H]1CN(C(=O)Nc2ccc(OC(F)(F)F)cc2)CCC1(F)F. The van der Waals surface area contributed by atoms with Crippen LogP contribution >= 0.6 is 0 Å². The van der Waals surface area contributed by atoms with Gasteiger partial charge in [-0.1, -0.05) is 0 Å². The summed E-state index contributed by atoms with van der Waals surface area (Å²) in [5, 5.41) is 2.40. The molecule has 1 aromatic carbocycles. The molecule has 0 spiro atoms. The van der Waals surface area contributed by atoms with Crippen molar-refractivity contribution in [3.8, 4) is 5.75 Å². The number of carbonyl (C=O) groups excluding carboxylic acids is 1. The van der Waals surface area contributed by atoms with Crippen molar-refractivity contribution in [2.75, 3.05) is 18.4 Å². The van der Waals surface area contributed by atoms with Gasteiger partial charge in [0.15, 0.2) is 0 Å². The average molecular weight is 339 g/mol. The lowest BCUT2D eigenvalue weighted by molar-refractivity contribution is -0.274. The maximum Gasteiger partial charge on any atom is 0.573 e. The van der Waals surface area contributed by atoms with Crippen molar-refractivity contribution in [3.63, 3.8) is 0 Å². The first-order chi connectivity index (χ1) is 10.6. The Hall–Kier alpha value is -2.10. The second-order valence-electron chi connectivity index (χ2n) is 5.07. The van der Waals surface area contributed by atoms with Gasteiger partial charge in [-0.15, -0.1) is 13.2 Å². The molecule has 1 heterocycles. The highest BCUT2D eigenvalue weighted by molar-refractivity contribution is 5.89. The summed E-state index contributed by atoms with van der Waals surface area (Å²) in [5.74, 6) is -3.46. The summed E-state index contributed by atoms with van der Waals surface area (Å²) in [5.41, 5.74) is 5.52. The van der Waals surface area contributed by atoms with Crippen LogP contribution in [0.3, 0.4) is 0 Å². The number of ether oxygens (including phenoxy) is 1. The molecule has 1 fully saturated rings. The van der Waals surface area contributed by atoms with Gasteiger partial charge < -0.3 is 20.7 Å². The van der Waals surface area contributed by atoms with Gasteiger partial charge in [-0.25, -0.2) is 13.6 Å². The summed E-state index contributed by atoms with van der Waals surface area (Å²) in [6.45, 7) is -0.476. The van der Waals surface area contributed by atoms with E-state index in [1.165, 1.54) is 12.1 Å². The second-order valence-corrected chi connectivity index (χ2v) is 5.07. The van der Waals surface area contributed by atoms with Crippen LogP contribution in [0, 0.1) is 0 Å².